The zero-order valence-electron chi connectivity index (χ0n) is 16.3. The number of carbonyl (C=O) groups is 3. The topological polar surface area (TPSA) is 127 Å². The molecule has 3 amide bonds. The second-order valence-electron chi connectivity index (χ2n) is 6.53. The molecule has 0 saturated carbocycles. The lowest BCUT2D eigenvalue weighted by atomic mass is 10.2. The van der Waals surface area contributed by atoms with E-state index in [0.717, 1.165) is 22.2 Å². The first-order valence-corrected chi connectivity index (χ1v) is 9.85. The van der Waals surface area contributed by atoms with Crippen molar-refractivity contribution in [3.05, 3.63) is 62.3 Å². The van der Waals surface area contributed by atoms with Gasteiger partial charge in [0.05, 0.1) is 9.83 Å². The van der Waals surface area contributed by atoms with Crippen LogP contribution in [0.4, 0.5) is 10.5 Å². The molecule has 10 nitrogen and oxygen atoms in total. The molecule has 0 aliphatic carbocycles. The highest BCUT2D eigenvalue weighted by Crippen LogP contribution is 2.31. The zero-order chi connectivity index (χ0) is 21.8. The number of benzene rings is 1. The number of imide groups is 1. The molecule has 0 bridgehead atoms. The Labute approximate surface area is 176 Å². The third-order valence-corrected chi connectivity index (χ3v) is 5.36. The number of carbonyl (C=O) groups excluding carboxylic acids is 3. The van der Waals surface area contributed by atoms with E-state index in [1.807, 2.05) is 30.3 Å². The van der Waals surface area contributed by atoms with Gasteiger partial charge in [0.15, 0.2) is 0 Å². The van der Waals surface area contributed by atoms with Crippen molar-refractivity contribution in [3.8, 4) is 0 Å². The number of nitro groups is 1. The van der Waals surface area contributed by atoms with Crippen molar-refractivity contribution in [2.45, 2.75) is 20.4 Å². The average Bonchev–Trinajstić information content (AvgIpc) is 3.11. The lowest BCUT2D eigenvalue weighted by molar-refractivity contribution is -0.386. The van der Waals surface area contributed by atoms with Crippen LogP contribution in [0, 0.1) is 24.0 Å². The minimum atomic E-state index is -0.533. The fourth-order valence-corrected chi connectivity index (χ4v) is 3.86. The molecule has 1 N–H and O–H groups in total. The van der Waals surface area contributed by atoms with Crippen molar-refractivity contribution in [3.63, 3.8) is 0 Å². The van der Waals surface area contributed by atoms with Crippen molar-refractivity contribution in [2.75, 3.05) is 13.1 Å². The molecular weight excluding hydrogens is 410 g/mol. The zero-order valence-corrected chi connectivity index (χ0v) is 17.1. The monoisotopic (exact) mass is 429 g/mol. The molecule has 1 aliphatic heterocycles. The van der Waals surface area contributed by atoms with Gasteiger partial charge < -0.3 is 5.32 Å². The summed E-state index contributed by atoms with van der Waals surface area (Å²) in [5.41, 5.74) is 1.21. The van der Waals surface area contributed by atoms with E-state index in [2.05, 4.69) is 10.4 Å². The van der Waals surface area contributed by atoms with Gasteiger partial charge in [-0.15, -0.1) is 0 Å². The number of aromatic nitrogens is 2. The standard InChI is InChI=1S/C19H19N5O5S/c1-12-17(24(28)29)13(2)23(21-12)11-16(25)20-8-9-22-18(26)15(30-19(22)27)10-14-6-4-3-5-7-14/h3-7,10H,8-9,11H2,1-2H3,(H,20,25)/b15-10-. The number of thioether (sulfide) groups is 1. The van der Waals surface area contributed by atoms with Crippen LogP contribution >= 0.6 is 11.8 Å². The molecule has 1 fully saturated rings. The molecule has 1 aromatic heterocycles. The van der Waals surface area contributed by atoms with Crippen LogP contribution in [-0.2, 0) is 16.1 Å². The number of aryl methyl sites for hydroxylation is 1. The highest BCUT2D eigenvalue weighted by Gasteiger charge is 2.34. The minimum Gasteiger partial charge on any atom is -0.353 e. The molecule has 0 spiro atoms. The maximum Gasteiger partial charge on any atom is 0.312 e. The minimum absolute atomic E-state index is 0.0276. The summed E-state index contributed by atoms with van der Waals surface area (Å²) < 4.78 is 1.26. The van der Waals surface area contributed by atoms with E-state index in [0.29, 0.717) is 4.91 Å². The predicted octanol–water partition coefficient (Wildman–Crippen LogP) is 2.26. The molecule has 2 heterocycles. The van der Waals surface area contributed by atoms with Gasteiger partial charge in [-0.3, -0.25) is 34.1 Å². The Hall–Kier alpha value is -3.47. The van der Waals surface area contributed by atoms with E-state index in [4.69, 9.17) is 0 Å². The molecule has 11 heteroatoms. The maximum atomic E-state index is 12.5. The van der Waals surface area contributed by atoms with Crippen LogP contribution < -0.4 is 5.32 Å². The fraction of sp³-hybridized carbons (Fsp3) is 0.263. The van der Waals surface area contributed by atoms with E-state index >= 15 is 0 Å². The number of hydrogen-bond donors (Lipinski definition) is 1. The molecule has 3 rings (SSSR count). The van der Waals surface area contributed by atoms with Crippen molar-refractivity contribution in [2.24, 2.45) is 0 Å². The molecule has 0 atom stereocenters. The summed E-state index contributed by atoms with van der Waals surface area (Å²) in [6.45, 7) is 2.92. The SMILES string of the molecule is Cc1nn(CC(=O)NCCN2C(=O)S/C(=C\c3ccccc3)C2=O)c(C)c1[N+](=O)[O-]. The first-order chi connectivity index (χ1) is 14.3. The van der Waals surface area contributed by atoms with Crippen LogP contribution in [0.25, 0.3) is 6.08 Å². The van der Waals surface area contributed by atoms with Gasteiger partial charge in [-0.05, 0) is 37.2 Å². The molecule has 156 valence electrons. The molecular formula is C19H19N5O5S. The Morgan fingerprint density at radius 1 is 1.27 bits per heavy atom. The lowest BCUT2D eigenvalue weighted by Gasteiger charge is -2.13. The van der Waals surface area contributed by atoms with E-state index in [9.17, 15) is 24.5 Å². The van der Waals surface area contributed by atoms with E-state index in [1.165, 1.54) is 18.5 Å². The summed E-state index contributed by atoms with van der Waals surface area (Å²) >= 11 is 0.855. The van der Waals surface area contributed by atoms with Gasteiger partial charge in [0.2, 0.25) is 5.91 Å². The van der Waals surface area contributed by atoms with E-state index < -0.39 is 22.0 Å². The summed E-state index contributed by atoms with van der Waals surface area (Å²) in [6.07, 6.45) is 1.65. The second kappa shape index (κ2) is 8.91. The van der Waals surface area contributed by atoms with E-state index in [-0.39, 0.29) is 36.7 Å². The van der Waals surface area contributed by atoms with Crippen LogP contribution in [0.2, 0.25) is 0 Å². The van der Waals surface area contributed by atoms with Crippen molar-refractivity contribution in [1.82, 2.24) is 20.0 Å². The first-order valence-electron chi connectivity index (χ1n) is 9.03. The van der Waals surface area contributed by atoms with Gasteiger partial charge in [0, 0.05) is 13.1 Å². The van der Waals surface area contributed by atoms with Crippen molar-refractivity contribution in [1.29, 1.82) is 0 Å². The second-order valence-corrected chi connectivity index (χ2v) is 7.52. The van der Waals surface area contributed by atoms with Crippen LogP contribution in [0.3, 0.4) is 0 Å². The van der Waals surface area contributed by atoms with Gasteiger partial charge in [0.25, 0.3) is 11.1 Å². The molecule has 0 radical (unpaired) electrons. The van der Waals surface area contributed by atoms with Crippen LogP contribution in [-0.4, -0.2) is 49.7 Å². The smallest absolute Gasteiger partial charge is 0.312 e. The highest BCUT2D eigenvalue weighted by molar-refractivity contribution is 8.18. The number of hydrogen-bond acceptors (Lipinski definition) is 7. The van der Waals surface area contributed by atoms with E-state index in [1.54, 1.807) is 6.08 Å². The molecule has 1 saturated heterocycles. The highest BCUT2D eigenvalue weighted by atomic mass is 32.2. The summed E-state index contributed by atoms with van der Waals surface area (Å²) in [5, 5.41) is 17.3. The van der Waals surface area contributed by atoms with Gasteiger partial charge >= 0.3 is 5.69 Å². The Morgan fingerprint density at radius 3 is 2.60 bits per heavy atom. The normalized spacial score (nSPS) is 15.1. The van der Waals surface area contributed by atoms with Gasteiger partial charge in [0.1, 0.15) is 17.9 Å². The maximum absolute atomic E-state index is 12.5. The quantitative estimate of drug-likeness (QED) is 0.406. The molecule has 1 aromatic carbocycles. The molecule has 30 heavy (non-hydrogen) atoms. The van der Waals surface area contributed by atoms with Gasteiger partial charge in [-0.1, -0.05) is 30.3 Å². The van der Waals surface area contributed by atoms with Crippen LogP contribution in [0.1, 0.15) is 17.0 Å². The summed E-state index contributed by atoms with van der Waals surface area (Å²) in [6, 6.07) is 9.19. The Kier molecular flexibility index (Phi) is 6.31. The van der Waals surface area contributed by atoms with Crippen molar-refractivity contribution >= 4 is 40.6 Å². The predicted molar refractivity (Wildman–Crippen MR) is 110 cm³/mol. The lowest BCUT2D eigenvalue weighted by Crippen LogP contribution is -2.38. The van der Waals surface area contributed by atoms with Crippen LogP contribution in [0.5, 0.6) is 0 Å². The summed E-state index contributed by atoms with van der Waals surface area (Å²) in [4.78, 5) is 48.7. The molecule has 1 aliphatic rings. The van der Waals surface area contributed by atoms with Crippen molar-refractivity contribution < 1.29 is 19.3 Å². The van der Waals surface area contributed by atoms with Gasteiger partial charge in [-0.25, -0.2) is 0 Å². The Morgan fingerprint density at radius 2 is 1.97 bits per heavy atom. The van der Waals surface area contributed by atoms with Gasteiger partial charge in [-0.2, -0.15) is 5.10 Å². The molecule has 0 unspecified atom stereocenters. The third kappa shape index (κ3) is 4.57. The average molecular weight is 429 g/mol. The largest absolute Gasteiger partial charge is 0.353 e. The summed E-state index contributed by atoms with van der Waals surface area (Å²) in [7, 11) is 0. The number of amides is 3. The molecule has 2 aromatic rings. The number of rotatable bonds is 7. The Balaban J connectivity index is 1.55. The summed E-state index contributed by atoms with van der Waals surface area (Å²) in [5.74, 6) is -0.834. The number of nitrogens with one attached hydrogen (secondary N) is 1. The Bertz CT molecular complexity index is 1050. The van der Waals surface area contributed by atoms with Crippen LogP contribution in [0.15, 0.2) is 35.2 Å². The number of nitrogens with zero attached hydrogens (tertiary/aromatic N) is 4. The third-order valence-electron chi connectivity index (χ3n) is 4.45. The first kappa shape index (κ1) is 21.2. The fourth-order valence-electron chi connectivity index (χ4n) is 3.00.